The quantitative estimate of drug-likeness (QED) is 0.675. The van der Waals surface area contributed by atoms with Gasteiger partial charge in [-0.3, -0.25) is 0 Å². The first kappa shape index (κ1) is 14.8. The lowest BCUT2D eigenvalue weighted by atomic mass is 9.93. The van der Waals surface area contributed by atoms with Gasteiger partial charge in [0.1, 0.15) is 5.54 Å². The van der Waals surface area contributed by atoms with Crippen molar-refractivity contribution in [2.24, 2.45) is 5.92 Å². The summed E-state index contributed by atoms with van der Waals surface area (Å²) in [5.41, 5.74) is -1.19. The van der Waals surface area contributed by atoms with E-state index in [9.17, 15) is 14.7 Å². The Labute approximate surface area is 107 Å². The third kappa shape index (κ3) is 2.93. The number of hydrogen-bond acceptors (Lipinski definition) is 3. The number of aliphatic carboxylic acids is 1. The Morgan fingerprint density at radius 1 is 1.39 bits per heavy atom. The summed E-state index contributed by atoms with van der Waals surface area (Å²) in [4.78, 5) is 24.9. The zero-order valence-electron chi connectivity index (χ0n) is 11.0. The fourth-order valence-corrected chi connectivity index (χ4v) is 2.23. The number of hydrogen-bond donors (Lipinski definition) is 3. The molecule has 0 saturated carbocycles. The van der Waals surface area contributed by atoms with Crippen molar-refractivity contribution in [3.8, 4) is 0 Å². The van der Waals surface area contributed by atoms with Crippen LogP contribution in [0, 0.1) is 5.92 Å². The second-order valence-corrected chi connectivity index (χ2v) is 4.81. The van der Waals surface area contributed by atoms with E-state index in [-0.39, 0.29) is 18.6 Å². The van der Waals surface area contributed by atoms with Crippen LogP contribution >= 0.6 is 0 Å². The van der Waals surface area contributed by atoms with Gasteiger partial charge in [-0.2, -0.15) is 0 Å². The molecule has 18 heavy (non-hydrogen) atoms. The maximum absolute atomic E-state index is 12.0. The minimum Gasteiger partial charge on any atom is -0.480 e. The number of carboxylic acid groups (broad SMARTS) is 1. The van der Waals surface area contributed by atoms with Gasteiger partial charge in [-0.1, -0.05) is 13.8 Å². The number of likely N-dealkylation sites (tertiary alicyclic amines) is 1. The molecule has 1 unspecified atom stereocenters. The van der Waals surface area contributed by atoms with E-state index in [1.165, 1.54) is 0 Å². The minimum absolute atomic E-state index is 0.0649. The third-order valence-electron chi connectivity index (χ3n) is 3.79. The molecule has 0 aromatic heterocycles. The van der Waals surface area contributed by atoms with Crippen molar-refractivity contribution >= 4 is 12.0 Å². The van der Waals surface area contributed by atoms with E-state index in [1.54, 1.807) is 18.7 Å². The van der Waals surface area contributed by atoms with Gasteiger partial charge < -0.3 is 20.4 Å². The number of carbonyl (C=O) groups is 2. The highest BCUT2D eigenvalue weighted by Crippen LogP contribution is 2.19. The molecule has 0 aliphatic carbocycles. The molecule has 1 saturated heterocycles. The van der Waals surface area contributed by atoms with E-state index in [0.29, 0.717) is 25.9 Å². The van der Waals surface area contributed by atoms with E-state index >= 15 is 0 Å². The second kappa shape index (κ2) is 6.04. The first-order valence-corrected chi connectivity index (χ1v) is 6.40. The van der Waals surface area contributed by atoms with Crippen LogP contribution in [-0.2, 0) is 4.79 Å². The van der Waals surface area contributed by atoms with E-state index in [1.807, 2.05) is 0 Å². The normalized spacial score (nSPS) is 19.9. The molecule has 6 heteroatoms. The molecule has 1 fully saturated rings. The van der Waals surface area contributed by atoms with Crippen molar-refractivity contribution in [2.45, 2.75) is 38.6 Å². The molecule has 1 rings (SSSR count). The average molecular weight is 258 g/mol. The van der Waals surface area contributed by atoms with Crippen LogP contribution < -0.4 is 5.32 Å². The number of rotatable bonds is 5. The molecule has 2 amide bonds. The Bertz CT molecular complexity index is 315. The summed E-state index contributed by atoms with van der Waals surface area (Å²) in [5.74, 6) is -0.892. The van der Waals surface area contributed by atoms with E-state index < -0.39 is 11.5 Å². The van der Waals surface area contributed by atoms with Gasteiger partial charge in [0, 0.05) is 25.6 Å². The number of urea groups is 1. The highest BCUT2D eigenvalue weighted by molar-refractivity contribution is 5.86. The van der Waals surface area contributed by atoms with Crippen LogP contribution in [0.5, 0.6) is 0 Å². The van der Waals surface area contributed by atoms with Gasteiger partial charge in [0.2, 0.25) is 0 Å². The molecule has 1 heterocycles. The van der Waals surface area contributed by atoms with Crippen molar-refractivity contribution in [3.63, 3.8) is 0 Å². The maximum Gasteiger partial charge on any atom is 0.329 e. The minimum atomic E-state index is -1.19. The van der Waals surface area contributed by atoms with Crippen molar-refractivity contribution in [3.05, 3.63) is 0 Å². The molecule has 104 valence electrons. The molecule has 0 radical (unpaired) electrons. The Morgan fingerprint density at radius 3 is 2.39 bits per heavy atom. The first-order valence-electron chi connectivity index (χ1n) is 6.40. The lowest BCUT2D eigenvalue weighted by molar-refractivity contribution is -0.144. The molecule has 0 aromatic carbocycles. The third-order valence-corrected chi connectivity index (χ3v) is 3.79. The number of amides is 2. The second-order valence-electron chi connectivity index (χ2n) is 4.81. The van der Waals surface area contributed by atoms with Crippen LogP contribution in [0.1, 0.15) is 33.1 Å². The average Bonchev–Trinajstić information content (AvgIpc) is 2.84. The van der Waals surface area contributed by atoms with Crippen LogP contribution in [0.25, 0.3) is 0 Å². The van der Waals surface area contributed by atoms with Crippen molar-refractivity contribution in [1.82, 2.24) is 10.2 Å². The van der Waals surface area contributed by atoms with Crippen LogP contribution in [0.2, 0.25) is 0 Å². The van der Waals surface area contributed by atoms with Crippen LogP contribution in [-0.4, -0.2) is 52.3 Å². The molecule has 6 nitrogen and oxygen atoms in total. The largest absolute Gasteiger partial charge is 0.480 e. The SMILES string of the molecule is CCC(CC)(NC(=O)N1CCC(CO)C1)C(=O)O. The molecule has 1 aliphatic heterocycles. The van der Waals surface area contributed by atoms with Gasteiger partial charge in [0.05, 0.1) is 0 Å². The zero-order chi connectivity index (χ0) is 13.8. The van der Waals surface area contributed by atoms with Crippen LogP contribution in [0.3, 0.4) is 0 Å². The number of aliphatic hydroxyl groups excluding tert-OH is 1. The molecular formula is C12H22N2O4. The van der Waals surface area contributed by atoms with E-state index in [0.717, 1.165) is 6.42 Å². The molecule has 1 aliphatic rings. The van der Waals surface area contributed by atoms with E-state index in [4.69, 9.17) is 5.11 Å². The fourth-order valence-electron chi connectivity index (χ4n) is 2.23. The van der Waals surface area contributed by atoms with Crippen molar-refractivity contribution in [2.75, 3.05) is 19.7 Å². The highest BCUT2D eigenvalue weighted by atomic mass is 16.4. The summed E-state index contributed by atoms with van der Waals surface area (Å²) >= 11 is 0. The molecule has 0 aromatic rings. The Kier molecular flexibility index (Phi) is 4.95. The summed E-state index contributed by atoms with van der Waals surface area (Å²) in [6, 6.07) is -0.350. The highest BCUT2D eigenvalue weighted by Gasteiger charge is 2.38. The smallest absolute Gasteiger partial charge is 0.329 e. The number of nitrogens with zero attached hydrogens (tertiary/aromatic N) is 1. The lowest BCUT2D eigenvalue weighted by Gasteiger charge is -2.30. The van der Waals surface area contributed by atoms with Crippen molar-refractivity contribution < 1.29 is 19.8 Å². The summed E-state index contributed by atoms with van der Waals surface area (Å²) in [6.07, 6.45) is 1.46. The monoisotopic (exact) mass is 258 g/mol. The summed E-state index contributed by atoms with van der Waals surface area (Å²) in [6.45, 7) is 4.62. The van der Waals surface area contributed by atoms with Gasteiger partial charge in [0.15, 0.2) is 0 Å². The van der Waals surface area contributed by atoms with Crippen LogP contribution in [0.4, 0.5) is 4.79 Å². The zero-order valence-corrected chi connectivity index (χ0v) is 11.0. The van der Waals surface area contributed by atoms with Gasteiger partial charge in [0.25, 0.3) is 0 Å². The number of carbonyl (C=O) groups excluding carboxylic acids is 1. The lowest BCUT2D eigenvalue weighted by Crippen LogP contribution is -2.57. The first-order chi connectivity index (χ1) is 8.49. The van der Waals surface area contributed by atoms with Gasteiger partial charge in [-0.15, -0.1) is 0 Å². The molecule has 0 bridgehead atoms. The Hall–Kier alpha value is -1.30. The number of nitrogens with one attached hydrogen (secondary N) is 1. The fraction of sp³-hybridized carbons (Fsp3) is 0.833. The van der Waals surface area contributed by atoms with Crippen molar-refractivity contribution in [1.29, 1.82) is 0 Å². The Balaban J connectivity index is 2.65. The Morgan fingerprint density at radius 2 is 2.00 bits per heavy atom. The predicted molar refractivity (Wildman–Crippen MR) is 66.2 cm³/mol. The molecule has 0 spiro atoms. The summed E-state index contributed by atoms with van der Waals surface area (Å²) in [7, 11) is 0. The standard InChI is InChI=1S/C12H22N2O4/c1-3-12(4-2,10(16)17)13-11(18)14-6-5-9(7-14)8-15/h9,15H,3-8H2,1-2H3,(H,13,18)(H,16,17). The van der Waals surface area contributed by atoms with E-state index in [2.05, 4.69) is 5.32 Å². The van der Waals surface area contributed by atoms with Gasteiger partial charge in [-0.25, -0.2) is 9.59 Å². The number of carboxylic acids is 1. The van der Waals surface area contributed by atoms with Crippen LogP contribution in [0.15, 0.2) is 0 Å². The summed E-state index contributed by atoms with van der Waals surface area (Å²) in [5, 5.41) is 20.9. The topological polar surface area (TPSA) is 89.9 Å². The molecule has 1 atom stereocenters. The maximum atomic E-state index is 12.0. The number of aliphatic hydroxyl groups is 1. The summed E-state index contributed by atoms with van der Waals surface area (Å²) < 4.78 is 0. The van der Waals surface area contributed by atoms with Gasteiger partial charge >= 0.3 is 12.0 Å². The van der Waals surface area contributed by atoms with Gasteiger partial charge in [-0.05, 0) is 19.3 Å². The predicted octanol–water partition coefficient (Wildman–Crippen LogP) is 0.654. The molecular weight excluding hydrogens is 236 g/mol. The molecule has 3 N–H and O–H groups in total.